The van der Waals surface area contributed by atoms with E-state index in [4.69, 9.17) is 14.9 Å². The summed E-state index contributed by atoms with van der Waals surface area (Å²) in [5.41, 5.74) is 5.15. The Morgan fingerprint density at radius 3 is 2.36 bits per heavy atom. The van der Waals surface area contributed by atoms with E-state index in [1.165, 1.54) is 51.3 Å². The van der Waals surface area contributed by atoms with Gasteiger partial charge in [-0.3, -0.25) is 9.52 Å². The van der Waals surface area contributed by atoms with Crippen LogP contribution in [-0.4, -0.2) is 27.0 Å². The zero-order valence-electron chi connectivity index (χ0n) is 18.4. The minimum atomic E-state index is -4.12. The average molecular weight is 498 g/mol. The molecular formula is C22H25ClFN3O5S. The number of hydrogen-bond donors (Lipinski definition) is 3. The summed E-state index contributed by atoms with van der Waals surface area (Å²) < 4.78 is 53.2. The number of sulfonamides is 1. The fourth-order valence-electron chi connectivity index (χ4n) is 2.81. The fourth-order valence-corrected chi connectivity index (χ4v) is 3.87. The third kappa shape index (κ3) is 6.04. The second kappa shape index (κ2) is 9.82. The molecule has 1 aromatic heterocycles. The second-order valence-corrected chi connectivity index (χ2v) is 9.43. The second-order valence-electron chi connectivity index (χ2n) is 7.75. The lowest BCUT2D eigenvalue weighted by Crippen LogP contribution is -2.45. The molecule has 1 heterocycles. The van der Waals surface area contributed by atoms with Crippen molar-refractivity contribution in [1.29, 1.82) is 0 Å². The van der Waals surface area contributed by atoms with Gasteiger partial charge in [0.15, 0.2) is 0 Å². The van der Waals surface area contributed by atoms with Gasteiger partial charge in [-0.25, -0.2) is 12.8 Å². The number of hydrogen-bond acceptors (Lipinski definition) is 6. The Balaban J connectivity index is 0.00000385. The molecule has 4 N–H and O–H groups in total. The Morgan fingerprint density at radius 2 is 1.82 bits per heavy atom. The Morgan fingerprint density at radius 1 is 1.12 bits per heavy atom. The quantitative estimate of drug-likeness (QED) is 0.447. The summed E-state index contributed by atoms with van der Waals surface area (Å²) in [6.07, 6.45) is 0. The molecule has 0 aliphatic rings. The van der Waals surface area contributed by atoms with Crippen LogP contribution >= 0.6 is 12.4 Å². The zero-order valence-corrected chi connectivity index (χ0v) is 20.1. The van der Waals surface area contributed by atoms with E-state index in [0.29, 0.717) is 17.3 Å². The summed E-state index contributed by atoms with van der Waals surface area (Å²) in [5, 5.41) is 2.61. The predicted octanol–water partition coefficient (Wildman–Crippen LogP) is 4.30. The molecule has 11 heteroatoms. The van der Waals surface area contributed by atoms with E-state index >= 15 is 0 Å². The van der Waals surface area contributed by atoms with Gasteiger partial charge in [0.05, 0.1) is 34.5 Å². The van der Waals surface area contributed by atoms with E-state index in [1.54, 1.807) is 19.1 Å². The van der Waals surface area contributed by atoms with Crippen LogP contribution in [0.3, 0.4) is 0 Å². The Kier molecular flexibility index (Phi) is 7.79. The van der Waals surface area contributed by atoms with Crippen LogP contribution in [0.25, 0.3) is 11.3 Å². The first-order valence-electron chi connectivity index (χ1n) is 9.58. The third-order valence-corrected chi connectivity index (χ3v) is 5.92. The van der Waals surface area contributed by atoms with Crippen molar-refractivity contribution < 1.29 is 26.8 Å². The smallest absolute Gasteiger partial charge is 0.261 e. The van der Waals surface area contributed by atoms with Gasteiger partial charge < -0.3 is 20.2 Å². The number of benzene rings is 2. The van der Waals surface area contributed by atoms with Crippen molar-refractivity contribution in [3.8, 4) is 17.1 Å². The molecule has 0 aliphatic carbocycles. The van der Waals surface area contributed by atoms with Crippen LogP contribution < -0.4 is 20.5 Å². The lowest BCUT2D eigenvalue weighted by atomic mass is 10.1. The molecule has 1 amide bonds. The highest BCUT2D eigenvalue weighted by Crippen LogP contribution is 2.31. The van der Waals surface area contributed by atoms with Gasteiger partial charge in [-0.2, -0.15) is 0 Å². The highest BCUT2D eigenvalue weighted by Gasteiger charge is 2.24. The number of nitrogens with one attached hydrogen (secondary N) is 2. The van der Waals surface area contributed by atoms with Gasteiger partial charge in [0.2, 0.25) is 5.91 Å². The first-order valence-corrected chi connectivity index (χ1v) is 11.1. The Hall–Kier alpha value is -3.08. The molecule has 8 nitrogen and oxygen atoms in total. The van der Waals surface area contributed by atoms with Gasteiger partial charge >= 0.3 is 0 Å². The van der Waals surface area contributed by atoms with Gasteiger partial charge in [-0.15, -0.1) is 12.4 Å². The van der Waals surface area contributed by atoms with Crippen molar-refractivity contribution in [3.05, 3.63) is 60.1 Å². The van der Waals surface area contributed by atoms with E-state index in [-0.39, 0.29) is 34.2 Å². The summed E-state index contributed by atoms with van der Waals surface area (Å²) >= 11 is 0. The van der Waals surface area contributed by atoms with Crippen LogP contribution in [-0.2, 0) is 14.8 Å². The van der Waals surface area contributed by atoms with Crippen LogP contribution in [0, 0.1) is 12.7 Å². The molecule has 3 rings (SSSR count). The molecule has 0 atom stereocenters. The number of methoxy groups -OCH3 is 1. The molecule has 0 saturated heterocycles. The van der Waals surface area contributed by atoms with Crippen molar-refractivity contribution in [3.63, 3.8) is 0 Å². The Labute approximate surface area is 197 Å². The van der Waals surface area contributed by atoms with Gasteiger partial charge in [0.25, 0.3) is 10.0 Å². The lowest BCUT2D eigenvalue weighted by Gasteiger charge is -2.19. The molecule has 0 fully saturated rings. The number of ether oxygens (including phenoxy) is 1. The lowest BCUT2D eigenvalue weighted by molar-refractivity contribution is -0.120. The molecule has 178 valence electrons. The number of anilines is 2. The molecule has 0 aliphatic heterocycles. The van der Waals surface area contributed by atoms with Crippen molar-refractivity contribution in [1.82, 2.24) is 0 Å². The molecule has 3 aromatic rings. The van der Waals surface area contributed by atoms with Gasteiger partial charge in [-0.05, 0) is 69.3 Å². The van der Waals surface area contributed by atoms with Crippen molar-refractivity contribution in [2.75, 3.05) is 17.1 Å². The minimum absolute atomic E-state index is 0. The maximum absolute atomic E-state index is 14.6. The van der Waals surface area contributed by atoms with Gasteiger partial charge in [-0.1, -0.05) is 0 Å². The molecule has 0 saturated carbocycles. The first-order chi connectivity index (χ1) is 14.9. The number of amides is 1. The zero-order chi connectivity index (χ0) is 23.7. The van der Waals surface area contributed by atoms with Crippen LogP contribution in [0.2, 0.25) is 0 Å². The monoisotopic (exact) mass is 497 g/mol. The van der Waals surface area contributed by atoms with E-state index in [1.807, 2.05) is 0 Å². The Bertz CT molecular complexity index is 1270. The van der Waals surface area contributed by atoms with Crippen molar-refractivity contribution in [2.45, 2.75) is 31.2 Å². The summed E-state index contributed by atoms with van der Waals surface area (Å²) in [6, 6.07) is 11.2. The van der Waals surface area contributed by atoms with Crippen LogP contribution in [0.15, 0.2) is 57.8 Å². The highest BCUT2D eigenvalue weighted by molar-refractivity contribution is 7.92. The number of carbonyl (C=O) groups is 1. The first kappa shape index (κ1) is 26.2. The summed E-state index contributed by atoms with van der Waals surface area (Å²) in [6.45, 7) is 4.79. The number of nitrogens with two attached hydrogens (primary N) is 1. The van der Waals surface area contributed by atoms with Gasteiger partial charge in [0, 0.05) is 0 Å². The number of aryl methyl sites for hydroxylation is 1. The summed E-state index contributed by atoms with van der Waals surface area (Å²) in [7, 11) is -2.71. The SMILES string of the molecule is COc1ccc(NS(=O)(=O)c2ccc(-c3ccc(C)o3)c(F)c2)cc1NC(=O)C(C)(C)N.Cl. The number of rotatable bonds is 7. The van der Waals surface area contributed by atoms with Crippen LogP contribution in [0.5, 0.6) is 5.75 Å². The minimum Gasteiger partial charge on any atom is -0.495 e. The maximum atomic E-state index is 14.6. The largest absolute Gasteiger partial charge is 0.495 e. The topological polar surface area (TPSA) is 124 Å². The summed E-state index contributed by atoms with van der Waals surface area (Å²) in [5.74, 6) is -0.000126. The van der Waals surface area contributed by atoms with Gasteiger partial charge in [0.1, 0.15) is 23.1 Å². The molecule has 0 unspecified atom stereocenters. The molecule has 0 bridgehead atoms. The highest BCUT2D eigenvalue weighted by atomic mass is 35.5. The van der Waals surface area contributed by atoms with E-state index in [0.717, 1.165) is 6.07 Å². The molecular weight excluding hydrogens is 473 g/mol. The molecule has 33 heavy (non-hydrogen) atoms. The predicted molar refractivity (Wildman–Crippen MR) is 127 cm³/mol. The fraction of sp³-hybridized carbons (Fsp3) is 0.227. The van der Waals surface area contributed by atoms with Crippen LogP contribution in [0.1, 0.15) is 19.6 Å². The number of furan rings is 1. The van der Waals surface area contributed by atoms with E-state index < -0.39 is 27.3 Å². The number of halogens is 2. The maximum Gasteiger partial charge on any atom is 0.261 e. The molecule has 2 aromatic carbocycles. The van der Waals surface area contributed by atoms with E-state index in [9.17, 15) is 17.6 Å². The molecule has 0 radical (unpaired) electrons. The average Bonchev–Trinajstić information content (AvgIpc) is 3.13. The summed E-state index contributed by atoms with van der Waals surface area (Å²) in [4.78, 5) is 12.0. The number of carbonyl (C=O) groups excluding carboxylic acids is 1. The van der Waals surface area contributed by atoms with Crippen LogP contribution in [0.4, 0.5) is 15.8 Å². The van der Waals surface area contributed by atoms with Crippen molar-refractivity contribution in [2.24, 2.45) is 5.73 Å². The van der Waals surface area contributed by atoms with E-state index in [2.05, 4.69) is 10.0 Å². The standard InChI is InChI=1S/C22H24FN3O5S.ClH/c1-13-5-9-19(31-13)16-8-7-15(12-17(16)23)32(28,29)26-14-6-10-20(30-4)18(11-14)25-21(27)22(2,3)24;/h5-12,26H,24H2,1-4H3,(H,25,27);1H. The normalized spacial score (nSPS) is 11.5. The molecule has 0 spiro atoms. The van der Waals surface area contributed by atoms with Crippen molar-refractivity contribution >= 4 is 39.7 Å². The third-order valence-electron chi connectivity index (χ3n) is 4.54.